The number of carbonyl (C=O) groups is 11. The van der Waals surface area contributed by atoms with Gasteiger partial charge in [0.05, 0.1) is 6.42 Å². The van der Waals surface area contributed by atoms with Crippen molar-refractivity contribution in [2.24, 2.45) is 17.4 Å². The summed E-state index contributed by atoms with van der Waals surface area (Å²) in [6.07, 6.45) is 7.12. The molecule has 2 fully saturated rings. The number of benzene rings is 2. The van der Waals surface area contributed by atoms with Gasteiger partial charge in [0, 0.05) is 43.9 Å². The van der Waals surface area contributed by atoms with Crippen molar-refractivity contribution in [2.75, 3.05) is 37.7 Å². The summed E-state index contributed by atoms with van der Waals surface area (Å²) in [5, 5.41) is 51.4. The number of nitrogens with zero attached hydrogens (tertiary/aromatic N) is 1. The number of nitrogens with one attached hydrogen (secondary N) is 8. The Morgan fingerprint density at radius 3 is 1.87 bits per heavy atom. The third-order valence-corrected chi connectivity index (χ3v) is 16.7. The molecule has 0 radical (unpaired) electrons. The number of unbranched alkanes of at least 4 members (excludes halogenated alkanes) is 8. The van der Waals surface area contributed by atoms with E-state index in [1.165, 1.54) is 29.2 Å². The molecule has 2 aromatic carbocycles. The quantitative estimate of drug-likeness (QED) is 0.0394. The summed E-state index contributed by atoms with van der Waals surface area (Å²) in [6.45, 7) is 3.81. The van der Waals surface area contributed by atoms with Crippen LogP contribution in [0.25, 0.3) is 0 Å². The van der Waals surface area contributed by atoms with Crippen LogP contribution in [0.3, 0.4) is 0 Å². The number of rotatable bonds is 29. The number of nitrogens with two attached hydrogens (primary N) is 2. The molecule has 2 aliphatic rings. The third-order valence-electron chi connectivity index (χ3n) is 14.2. The first kappa shape index (κ1) is 70.5. The Kier molecular flexibility index (Phi) is 31.7. The van der Waals surface area contributed by atoms with Crippen molar-refractivity contribution in [3.63, 3.8) is 0 Å². The number of aromatic hydroxyl groups is 1. The zero-order valence-electron chi connectivity index (χ0n) is 48.6. The molecule has 2 heterocycles. The number of carboxylic acids is 1. The third kappa shape index (κ3) is 26.5. The first-order chi connectivity index (χ1) is 40.6. The minimum Gasteiger partial charge on any atom is -0.508 e. The SMILES string of the molecule is CC(C)C[C@@H]1NC(=O)[C@H](Cc2ccccc2)NC(=O)[C@H](Cc2ccc(O)cc2)NC(=O)C(O)CSSC[C@@H](C(=O)N2CCC[C@H]2C(=O)N[C@@H](CCCCNC(=O)CCCCCCCCCCN)C(=O)NCC(=O)O)NC(=O)[C@H](CC(N)=O)NC1=O. The van der Waals surface area contributed by atoms with E-state index in [4.69, 9.17) is 11.5 Å². The lowest BCUT2D eigenvalue weighted by atomic mass is 9.99. The fourth-order valence-electron chi connectivity index (χ4n) is 9.69. The minimum absolute atomic E-state index is 0.00301. The Morgan fingerprint density at radius 1 is 0.682 bits per heavy atom. The number of phenols is 1. The van der Waals surface area contributed by atoms with Crippen LogP contribution in [0, 0.1) is 5.92 Å². The number of amides is 10. The van der Waals surface area contributed by atoms with Gasteiger partial charge < -0.3 is 74.2 Å². The van der Waals surface area contributed by atoms with Crippen LogP contribution in [-0.2, 0) is 65.6 Å². The van der Waals surface area contributed by atoms with Crippen molar-refractivity contribution in [1.29, 1.82) is 0 Å². The van der Waals surface area contributed by atoms with Gasteiger partial charge in [-0.2, -0.15) is 0 Å². The van der Waals surface area contributed by atoms with Crippen LogP contribution < -0.4 is 54.0 Å². The molecule has 0 aromatic heterocycles. The molecule has 15 N–H and O–H groups in total. The van der Waals surface area contributed by atoms with E-state index >= 15 is 0 Å². The van der Waals surface area contributed by atoms with Gasteiger partial charge in [-0.25, -0.2) is 0 Å². The van der Waals surface area contributed by atoms with Crippen molar-refractivity contribution >= 4 is 86.6 Å². The molecule has 8 atom stereocenters. The number of hydrogen-bond donors (Lipinski definition) is 13. The molecule has 10 amide bonds. The van der Waals surface area contributed by atoms with Gasteiger partial charge in [-0.3, -0.25) is 52.7 Å². The highest BCUT2D eigenvalue weighted by Crippen LogP contribution is 2.26. The Hall–Kier alpha value is -6.97. The number of phenolic OH excluding ortho intramolecular Hbond substituents is 1. The molecule has 27 heteroatoms. The van der Waals surface area contributed by atoms with Crippen molar-refractivity contribution < 1.29 is 68.1 Å². The van der Waals surface area contributed by atoms with Crippen LogP contribution in [0.5, 0.6) is 5.75 Å². The van der Waals surface area contributed by atoms with E-state index in [1.807, 2.05) is 0 Å². The van der Waals surface area contributed by atoms with E-state index < -0.39 is 120 Å². The van der Waals surface area contributed by atoms with Crippen molar-refractivity contribution in [1.82, 2.24) is 47.4 Å². The van der Waals surface area contributed by atoms with Gasteiger partial charge in [0.25, 0.3) is 0 Å². The van der Waals surface area contributed by atoms with Gasteiger partial charge in [-0.15, -0.1) is 0 Å². The molecular weight excluding hydrogens is 1140 g/mol. The van der Waals surface area contributed by atoms with Gasteiger partial charge >= 0.3 is 5.97 Å². The highest BCUT2D eigenvalue weighted by molar-refractivity contribution is 8.76. The highest BCUT2D eigenvalue weighted by atomic mass is 33.1. The van der Waals surface area contributed by atoms with E-state index in [1.54, 1.807) is 44.2 Å². The number of hydrogen-bond acceptors (Lipinski definition) is 16. The van der Waals surface area contributed by atoms with Gasteiger partial charge in [-0.1, -0.05) is 116 Å². The molecule has 0 aliphatic carbocycles. The molecule has 470 valence electrons. The first-order valence-corrected chi connectivity index (χ1v) is 31.8. The van der Waals surface area contributed by atoms with Crippen molar-refractivity contribution in [3.8, 4) is 5.75 Å². The molecule has 2 aliphatic heterocycles. The molecule has 0 bridgehead atoms. The number of aliphatic carboxylic acids is 1. The summed E-state index contributed by atoms with van der Waals surface area (Å²) in [5.74, 6) is -10.3. The van der Waals surface area contributed by atoms with E-state index in [-0.39, 0.29) is 67.7 Å². The van der Waals surface area contributed by atoms with E-state index in [2.05, 4.69) is 42.5 Å². The Morgan fingerprint density at radius 2 is 1.25 bits per heavy atom. The summed E-state index contributed by atoms with van der Waals surface area (Å²) >= 11 is 0. The summed E-state index contributed by atoms with van der Waals surface area (Å²) in [4.78, 5) is 151. The number of primary amides is 1. The van der Waals surface area contributed by atoms with Crippen LogP contribution in [0.15, 0.2) is 54.6 Å². The fraction of sp³-hybridized carbons (Fsp3) is 0.603. The zero-order chi connectivity index (χ0) is 62.3. The lowest BCUT2D eigenvalue weighted by Gasteiger charge is -2.31. The molecule has 2 aromatic rings. The molecule has 4 rings (SSSR count). The van der Waals surface area contributed by atoms with Crippen LogP contribution in [0.2, 0.25) is 0 Å². The molecule has 25 nitrogen and oxygen atoms in total. The Labute approximate surface area is 504 Å². The molecular formula is C58H87N11O14S2. The maximum absolute atomic E-state index is 14.8. The standard InChI is InChI=1S/C58H87N11O14S2/c1-36(2)29-41-52(77)66-44(32-48(60)72)55(80)68-45(34-84-85-35-47(71)57(82)67-43(31-38-22-24-39(70)25-23-38)54(79)65-42(53(78)64-41)30-37-17-10-9-11-18-37)58(83)69-28-16-20-46(69)56(81)63-40(51(76)62-33-50(74)75)19-13-15-27-61-49(73)21-12-7-5-3-4-6-8-14-26-59/h9-11,17-18,22-25,36,40-47,70-71H,3-8,12-16,19-21,26-35,59H2,1-2H3,(H2,60,72)(H,61,73)(H,62,76)(H,63,81)(H,64,78)(H,65,79)(H,66,77)(H,67,82)(H,68,80)(H,74,75)/t40-,41-,42-,43-,44-,45-,46-,47?/m0/s1. The van der Waals surface area contributed by atoms with Crippen LogP contribution in [0.1, 0.15) is 128 Å². The molecule has 85 heavy (non-hydrogen) atoms. The number of likely N-dealkylation sites (tertiary alicyclic amines) is 1. The molecule has 0 spiro atoms. The summed E-state index contributed by atoms with van der Waals surface area (Å²) in [5.41, 5.74) is 12.3. The Balaban J connectivity index is 1.57. The number of carboxylic acid groups (broad SMARTS) is 1. The average molecular weight is 1230 g/mol. The number of aliphatic hydroxyl groups excluding tert-OH is 1. The van der Waals surface area contributed by atoms with Crippen molar-refractivity contribution in [2.45, 2.75) is 178 Å². The maximum atomic E-state index is 14.8. The summed E-state index contributed by atoms with van der Waals surface area (Å²) < 4.78 is 0. The second kappa shape index (κ2) is 38.2. The number of aliphatic hydroxyl groups is 1. The summed E-state index contributed by atoms with van der Waals surface area (Å²) in [6, 6.07) is 4.67. The lowest BCUT2D eigenvalue weighted by Crippen LogP contribution is -2.61. The zero-order valence-corrected chi connectivity index (χ0v) is 50.2. The second-order valence-corrected chi connectivity index (χ2v) is 24.4. The monoisotopic (exact) mass is 1230 g/mol. The molecule has 2 saturated heterocycles. The molecule has 1 unspecified atom stereocenters. The van der Waals surface area contributed by atoms with Gasteiger partial charge in [0.15, 0.2) is 0 Å². The minimum atomic E-state index is -1.75. The predicted octanol–water partition coefficient (Wildman–Crippen LogP) is 0.711. The van der Waals surface area contributed by atoms with Gasteiger partial charge in [0.1, 0.15) is 60.7 Å². The topological polar surface area (TPSA) is 400 Å². The van der Waals surface area contributed by atoms with E-state index in [0.717, 1.165) is 73.0 Å². The maximum Gasteiger partial charge on any atom is 0.322 e. The smallest absolute Gasteiger partial charge is 0.322 e. The normalized spacial score (nSPS) is 21.5. The molecule has 0 saturated carbocycles. The average Bonchev–Trinajstić information content (AvgIpc) is 4.23. The Bertz CT molecular complexity index is 2530. The highest BCUT2D eigenvalue weighted by Gasteiger charge is 2.41. The number of carbonyl (C=O) groups excluding carboxylic acids is 10. The van der Waals surface area contributed by atoms with Crippen LogP contribution >= 0.6 is 21.6 Å². The lowest BCUT2D eigenvalue weighted by molar-refractivity contribution is -0.142. The first-order valence-electron chi connectivity index (χ1n) is 29.3. The van der Waals surface area contributed by atoms with Crippen LogP contribution in [0.4, 0.5) is 0 Å². The summed E-state index contributed by atoms with van der Waals surface area (Å²) in [7, 11) is 1.86. The van der Waals surface area contributed by atoms with Gasteiger partial charge in [0.2, 0.25) is 59.1 Å². The van der Waals surface area contributed by atoms with E-state index in [0.29, 0.717) is 49.9 Å². The van der Waals surface area contributed by atoms with Crippen molar-refractivity contribution in [3.05, 3.63) is 65.7 Å². The predicted molar refractivity (Wildman–Crippen MR) is 321 cm³/mol. The largest absolute Gasteiger partial charge is 0.508 e. The van der Waals surface area contributed by atoms with E-state index in [9.17, 15) is 68.1 Å². The fourth-order valence-corrected chi connectivity index (χ4v) is 11.9. The van der Waals surface area contributed by atoms with Gasteiger partial charge in [-0.05, 0) is 87.1 Å². The second-order valence-electron chi connectivity index (χ2n) is 21.8. The van der Waals surface area contributed by atoms with Crippen LogP contribution in [-0.4, -0.2) is 171 Å².